The molecule has 1 saturated carbocycles. The topological polar surface area (TPSA) is 24.9 Å². The van der Waals surface area contributed by atoms with Gasteiger partial charge in [-0.05, 0) is 37.8 Å². The molecule has 1 aromatic rings. The SMILES string of the molecule is CCCNC(Cc1ncc(C(F)(F)F)cc1Cl)C1CC1. The number of rotatable bonds is 6. The lowest BCUT2D eigenvalue weighted by Gasteiger charge is -2.18. The number of pyridine rings is 1. The fourth-order valence-corrected chi connectivity index (χ4v) is 2.46. The number of nitrogens with one attached hydrogen (secondary N) is 1. The smallest absolute Gasteiger partial charge is 0.313 e. The average molecular weight is 307 g/mol. The van der Waals surface area contributed by atoms with E-state index in [2.05, 4.69) is 17.2 Å². The van der Waals surface area contributed by atoms with Crippen LogP contribution in [-0.2, 0) is 12.6 Å². The Kier molecular flexibility index (Phi) is 4.91. The molecule has 0 aromatic carbocycles. The molecule has 0 amide bonds. The van der Waals surface area contributed by atoms with E-state index in [1.165, 1.54) is 12.8 Å². The van der Waals surface area contributed by atoms with Crippen molar-refractivity contribution in [3.05, 3.63) is 28.5 Å². The van der Waals surface area contributed by atoms with Gasteiger partial charge in [0.15, 0.2) is 0 Å². The highest BCUT2D eigenvalue weighted by Crippen LogP contribution is 2.35. The molecule has 1 aromatic heterocycles. The monoisotopic (exact) mass is 306 g/mol. The summed E-state index contributed by atoms with van der Waals surface area (Å²) in [5.41, 5.74) is -0.254. The third-order valence-corrected chi connectivity index (χ3v) is 3.83. The van der Waals surface area contributed by atoms with Gasteiger partial charge in [-0.25, -0.2) is 0 Å². The Morgan fingerprint density at radius 2 is 2.15 bits per heavy atom. The molecule has 1 fully saturated rings. The van der Waals surface area contributed by atoms with Gasteiger partial charge in [0.05, 0.1) is 16.3 Å². The van der Waals surface area contributed by atoms with E-state index in [-0.39, 0.29) is 11.1 Å². The van der Waals surface area contributed by atoms with Crippen LogP contribution in [0.3, 0.4) is 0 Å². The molecule has 1 unspecified atom stereocenters. The average Bonchev–Trinajstić information content (AvgIpc) is 3.19. The van der Waals surface area contributed by atoms with Crippen molar-refractivity contribution in [2.45, 2.75) is 44.8 Å². The first-order chi connectivity index (χ1) is 9.41. The molecule has 1 heterocycles. The van der Waals surface area contributed by atoms with Gasteiger partial charge in [-0.2, -0.15) is 13.2 Å². The van der Waals surface area contributed by atoms with Crippen LogP contribution in [0.25, 0.3) is 0 Å². The lowest BCUT2D eigenvalue weighted by molar-refractivity contribution is -0.137. The minimum atomic E-state index is -4.40. The van der Waals surface area contributed by atoms with Crippen molar-refractivity contribution in [1.29, 1.82) is 0 Å². The van der Waals surface area contributed by atoms with Crippen LogP contribution in [0, 0.1) is 5.92 Å². The van der Waals surface area contributed by atoms with Crippen LogP contribution in [0.15, 0.2) is 12.3 Å². The van der Waals surface area contributed by atoms with Crippen molar-refractivity contribution in [2.24, 2.45) is 5.92 Å². The van der Waals surface area contributed by atoms with Gasteiger partial charge < -0.3 is 5.32 Å². The van der Waals surface area contributed by atoms with Gasteiger partial charge in [0.1, 0.15) is 0 Å². The van der Waals surface area contributed by atoms with Crippen LogP contribution in [0.1, 0.15) is 37.4 Å². The molecule has 20 heavy (non-hydrogen) atoms. The molecule has 1 aliphatic carbocycles. The summed E-state index contributed by atoms with van der Waals surface area (Å²) < 4.78 is 37.7. The van der Waals surface area contributed by atoms with E-state index < -0.39 is 11.7 Å². The lowest BCUT2D eigenvalue weighted by atomic mass is 10.1. The Bertz CT molecular complexity index is 458. The Labute approximate surface area is 121 Å². The van der Waals surface area contributed by atoms with E-state index in [4.69, 9.17) is 11.6 Å². The number of hydrogen-bond acceptors (Lipinski definition) is 2. The highest BCUT2D eigenvalue weighted by atomic mass is 35.5. The Morgan fingerprint density at radius 1 is 1.45 bits per heavy atom. The van der Waals surface area contributed by atoms with E-state index in [0.717, 1.165) is 25.2 Å². The summed E-state index contributed by atoms with van der Waals surface area (Å²) in [5.74, 6) is 0.599. The van der Waals surface area contributed by atoms with Crippen molar-refractivity contribution < 1.29 is 13.2 Å². The highest BCUT2D eigenvalue weighted by molar-refractivity contribution is 6.31. The first kappa shape index (κ1) is 15.6. The highest BCUT2D eigenvalue weighted by Gasteiger charge is 2.33. The molecule has 1 atom stereocenters. The summed E-state index contributed by atoms with van der Waals surface area (Å²) in [5, 5.41) is 3.53. The van der Waals surface area contributed by atoms with Crippen molar-refractivity contribution in [1.82, 2.24) is 10.3 Å². The molecule has 0 radical (unpaired) electrons. The lowest BCUT2D eigenvalue weighted by Crippen LogP contribution is -2.34. The maximum Gasteiger partial charge on any atom is 0.417 e. The summed E-state index contributed by atoms with van der Waals surface area (Å²) in [7, 11) is 0. The second-order valence-electron chi connectivity index (χ2n) is 5.25. The van der Waals surface area contributed by atoms with Gasteiger partial charge in [-0.1, -0.05) is 18.5 Å². The van der Waals surface area contributed by atoms with Gasteiger partial charge in [0.25, 0.3) is 0 Å². The fourth-order valence-electron chi connectivity index (χ4n) is 2.21. The zero-order valence-corrected chi connectivity index (χ0v) is 12.1. The van der Waals surface area contributed by atoms with Gasteiger partial charge in [-0.15, -0.1) is 0 Å². The van der Waals surface area contributed by atoms with Gasteiger partial charge in [0, 0.05) is 18.7 Å². The van der Waals surface area contributed by atoms with Gasteiger partial charge in [-0.3, -0.25) is 4.98 Å². The largest absolute Gasteiger partial charge is 0.417 e. The molecular formula is C14H18ClF3N2. The molecule has 1 N–H and O–H groups in total. The van der Waals surface area contributed by atoms with Gasteiger partial charge in [0.2, 0.25) is 0 Å². The summed E-state index contributed by atoms with van der Waals surface area (Å²) in [6.45, 7) is 2.99. The Balaban J connectivity index is 2.08. The third-order valence-electron chi connectivity index (χ3n) is 3.51. The summed E-state index contributed by atoms with van der Waals surface area (Å²) in [6, 6.07) is 1.23. The zero-order valence-electron chi connectivity index (χ0n) is 11.3. The third kappa shape index (κ3) is 4.09. The summed E-state index contributed by atoms with van der Waals surface area (Å²) in [6.07, 6.45) is 0.412. The maximum absolute atomic E-state index is 12.6. The molecule has 112 valence electrons. The van der Waals surface area contributed by atoms with Crippen molar-refractivity contribution in [2.75, 3.05) is 6.54 Å². The molecule has 6 heteroatoms. The number of nitrogens with zero attached hydrogens (tertiary/aromatic N) is 1. The Morgan fingerprint density at radius 3 is 2.65 bits per heavy atom. The van der Waals surface area contributed by atoms with Crippen molar-refractivity contribution in [3.63, 3.8) is 0 Å². The summed E-state index contributed by atoms with van der Waals surface area (Å²) in [4.78, 5) is 3.91. The normalized spacial score (nSPS) is 17.2. The zero-order chi connectivity index (χ0) is 14.8. The molecule has 0 spiro atoms. The molecule has 0 bridgehead atoms. The maximum atomic E-state index is 12.6. The predicted octanol–water partition coefficient (Wildman–Crippen LogP) is 4.07. The van der Waals surface area contributed by atoms with E-state index in [9.17, 15) is 13.2 Å². The van der Waals surface area contributed by atoms with Crippen LogP contribution < -0.4 is 5.32 Å². The van der Waals surface area contributed by atoms with Crippen LogP contribution >= 0.6 is 11.6 Å². The quantitative estimate of drug-likeness (QED) is 0.857. The number of alkyl halides is 3. The number of aromatic nitrogens is 1. The first-order valence-corrected chi connectivity index (χ1v) is 7.24. The summed E-state index contributed by atoms with van der Waals surface area (Å²) >= 11 is 5.95. The molecular weight excluding hydrogens is 289 g/mol. The second-order valence-corrected chi connectivity index (χ2v) is 5.66. The standard InChI is InChI=1S/C14H18ClF3N2/c1-2-5-19-12(9-3-4-9)7-13-11(15)6-10(8-20-13)14(16,17)18/h6,8-9,12,19H,2-5,7H2,1H3. The minimum Gasteiger partial charge on any atom is -0.313 e. The van der Waals surface area contributed by atoms with Crippen LogP contribution in [0.2, 0.25) is 5.02 Å². The minimum absolute atomic E-state index is 0.101. The molecule has 0 aliphatic heterocycles. The van der Waals surface area contributed by atoms with Crippen LogP contribution in [0.5, 0.6) is 0 Å². The van der Waals surface area contributed by atoms with Crippen LogP contribution in [-0.4, -0.2) is 17.6 Å². The fraction of sp³-hybridized carbons (Fsp3) is 0.643. The van der Waals surface area contributed by atoms with E-state index >= 15 is 0 Å². The Hall–Kier alpha value is -0.810. The molecule has 0 saturated heterocycles. The molecule has 1 aliphatic rings. The van der Waals surface area contributed by atoms with E-state index in [1.54, 1.807) is 0 Å². The van der Waals surface area contributed by atoms with Gasteiger partial charge >= 0.3 is 6.18 Å². The van der Waals surface area contributed by atoms with E-state index in [1.807, 2.05) is 0 Å². The number of halogens is 4. The first-order valence-electron chi connectivity index (χ1n) is 6.86. The van der Waals surface area contributed by atoms with E-state index in [0.29, 0.717) is 18.0 Å². The number of hydrogen-bond donors (Lipinski definition) is 1. The van der Waals surface area contributed by atoms with Crippen LogP contribution in [0.4, 0.5) is 13.2 Å². The molecule has 2 rings (SSSR count). The predicted molar refractivity (Wildman–Crippen MR) is 72.8 cm³/mol. The van der Waals surface area contributed by atoms with Crippen molar-refractivity contribution in [3.8, 4) is 0 Å². The van der Waals surface area contributed by atoms with Crippen molar-refractivity contribution >= 4 is 11.6 Å². The molecule has 2 nitrogen and oxygen atoms in total. The second kappa shape index (κ2) is 6.31.